The van der Waals surface area contributed by atoms with Crippen LogP contribution in [0.4, 0.5) is 0 Å². The topological polar surface area (TPSA) is 46.2 Å². The Labute approximate surface area is 130 Å². The molecule has 2 rings (SSSR count). The molecule has 0 fully saturated rings. The maximum absolute atomic E-state index is 12.0. The van der Waals surface area contributed by atoms with E-state index in [2.05, 4.69) is 36.8 Å². The van der Waals surface area contributed by atoms with Crippen LogP contribution in [-0.4, -0.2) is 20.7 Å². The SMILES string of the molecule is Cc1ccc(SCCNS(=O)(=O)c2ccccc2)cc1C. The monoisotopic (exact) mass is 321 g/mol. The molecule has 0 amide bonds. The number of nitrogens with one attached hydrogen (secondary N) is 1. The zero-order chi connectivity index (χ0) is 15.3. The Balaban J connectivity index is 1.86. The zero-order valence-electron chi connectivity index (χ0n) is 12.2. The Morgan fingerprint density at radius 1 is 1.00 bits per heavy atom. The maximum Gasteiger partial charge on any atom is 0.240 e. The van der Waals surface area contributed by atoms with Gasteiger partial charge in [0.15, 0.2) is 0 Å². The summed E-state index contributed by atoms with van der Waals surface area (Å²) in [4.78, 5) is 1.47. The van der Waals surface area contributed by atoms with Crippen molar-refractivity contribution in [2.75, 3.05) is 12.3 Å². The van der Waals surface area contributed by atoms with E-state index < -0.39 is 10.0 Å². The van der Waals surface area contributed by atoms with E-state index in [9.17, 15) is 8.42 Å². The lowest BCUT2D eigenvalue weighted by Gasteiger charge is -2.07. The average molecular weight is 321 g/mol. The molecule has 0 saturated carbocycles. The molecular formula is C16H19NO2S2. The van der Waals surface area contributed by atoms with Crippen LogP contribution in [0.3, 0.4) is 0 Å². The fraction of sp³-hybridized carbons (Fsp3) is 0.250. The number of aryl methyl sites for hydroxylation is 2. The highest BCUT2D eigenvalue weighted by atomic mass is 32.2. The Hall–Kier alpha value is -1.30. The average Bonchev–Trinajstić information content (AvgIpc) is 2.48. The molecule has 5 heteroatoms. The van der Waals surface area contributed by atoms with Gasteiger partial charge >= 0.3 is 0 Å². The van der Waals surface area contributed by atoms with E-state index in [0.29, 0.717) is 17.2 Å². The summed E-state index contributed by atoms with van der Waals surface area (Å²) in [6.45, 7) is 4.57. The van der Waals surface area contributed by atoms with E-state index in [1.807, 2.05) is 0 Å². The van der Waals surface area contributed by atoms with Gasteiger partial charge in [0.25, 0.3) is 0 Å². The van der Waals surface area contributed by atoms with Gasteiger partial charge < -0.3 is 0 Å². The van der Waals surface area contributed by atoms with Gasteiger partial charge in [-0.2, -0.15) is 0 Å². The number of thioether (sulfide) groups is 1. The van der Waals surface area contributed by atoms with Crippen molar-refractivity contribution in [1.29, 1.82) is 0 Å². The molecular weight excluding hydrogens is 302 g/mol. The Morgan fingerprint density at radius 2 is 1.71 bits per heavy atom. The summed E-state index contributed by atoms with van der Waals surface area (Å²) in [7, 11) is -3.39. The summed E-state index contributed by atoms with van der Waals surface area (Å²) >= 11 is 1.65. The van der Waals surface area contributed by atoms with Gasteiger partial charge in [0.05, 0.1) is 4.90 Å². The molecule has 0 aliphatic heterocycles. The van der Waals surface area contributed by atoms with Crippen LogP contribution in [0.15, 0.2) is 58.3 Å². The van der Waals surface area contributed by atoms with Crippen LogP contribution in [0.25, 0.3) is 0 Å². The number of hydrogen-bond donors (Lipinski definition) is 1. The summed E-state index contributed by atoms with van der Waals surface area (Å²) in [6, 6.07) is 14.7. The first-order valence-electron chi connectivity index (χ1n) is 6.74. The molecule has 2 aromatic rings. The molecule has 0 aliphatic carbocycles. The highest BCUT2D eigenvalue weighted by Crippen LogP contribution is 2.20. The van der Waals surface area contributed by atoms with Crippen molar-refractivity contribution < 1.29 is 8.42 Å². The van der Waals surface area contributed by atoms with Crippen LogP contribution in [0.2, 0.25) is 0 Å². The minimum absolute atomic E-state index is 0.307. The molecule has 3 nitrogen and oxygen atoms in total. The molecule has 0 saturated heterocycles. The van der Waals surface area contributed by atoms with Gasteiger partial charge in [-0.15, -0.1) is 11.8 Å². The first-order chi connectivity index (χ1) is 9.99. The highest BCUT2D eigenvalue weighted by Gasteiger charge is 2.11. The van der Waals surface area contributed by atoms with Crippen LogP contribution in [0.5, 0.6) is 0 Å². The Bertz CT molecular complexity index is 697. The van der Waals surface area contributed by atoms with Gasteiger partial charge in [-0.3, -0.25) is 0 Å². The molecule has 21 heavy (non-hydrogen) atoms. The molecule has 0 unspecified atom stereocenters. The van der Waals surface area contributed by atoms with Crippen LogP contribution in [0.1, 0.15) is 11.1 Å². The van der Waals surface area contributed by atoms with Crippen molar-refractivity contribution >= 4 is 21.8 Å². The lowest BCUT2D eigenvalue weighted by Crippen LogP contribution is -2.25. The van der Waals surface area contributed by atoms with Crippen molar-refractivity contribution in [3.8, 4) is 0 Å². The smallest absolute Gasteiger partial charge is 0.210 e. The minimum atomic E-state index is -3.39. The molecule has 0 spiro atoms. The first-order valence-corrected chi connectivity index (χ1v) is 9.21. The summed E-state index contributed by atoms with van der Waals surface area (Å²) in [6.07, 6.45) is 0. The van der Waals surface area contributed by atoms with Gasteiger partial charge in [-0.25, -0.2) is 13.1 Å². The van der Waals surface area contributed by atoms with Crippen LogP contribution >= 0.6 is 11.8 Å². The maximum atomic E-state index is 12.0. The van der Waals surface area contributed by atoms with Crippen LogP contribution in [-0.2, 0) is 10.0 Å². The lowest BCUT2D eigenvalue weighted by atomic mass is 10.1. The van der Waals surface area contributed by atoms with Crippen molar-refractivity contribution in [2.24, 2.45) is 0 Å². The van der Waals surface area contributed by atoms with E-state index in [4.69, 9.17) is 0 Å². The molecule has 0 atom stereocenters. The van der Waals surface area contributed by atoms with E-state index in [1.165, 1.54) is 11.1 Å². The van der Waals surface area contributed by atoms with Crippen molar-refractivity contribution in [2.45, 2.75) is 23.6 Å². The molecule has 0 radical (unpaired) electrons. The van der Waals surface area contributed by atoms with Gasteiger partial charge in [0.2, 0.25) is 10.0 Å². The standard InChI is InChI=1S/C16H19NO2S2/c1-13-8-9-15(12-14(13)2)20-11-10-17-21(18,19)16-6-4-3-5-7-16/h3-9,12,17H,10-11H2,1-2H3. The second-order valence-electron chi connectivity index (χ2n) is 4.81. The van der Waals surface area contributed by atoms with Crippen LogP contribution < -0.4 is 4.72 Å². The van der Waals surface area contributed by atoms with Crippen molar-refractivity contribution in [3.63, 3.8) is 0 Å². The van der Waals surface area contributed by atoms with Crippen molar-refractivity contribution in [1.82, 2.24) is 4.72 Å². The Kier molecular flexibility index (Phi) is 5.45. The molecule has 0 heterocycles. The van der Waals surface area contributed by atoms with E-state index >= 15 is 0 Å². The molecule has 0 aliphatic rings. The number of rotatable bonds is 6. The highest BCUT2D eigenvalue weighted by molar-refractivity contribution is 7.99. The van der Waals surface area contributed by atoms with Gasteiger partial charge in [-0.05, 0) is 49.2 Å². The number of sulfonamides is 1. The van der Waals surface area contributed by atoms with E-state index in [1.54, 1.807) is 42.1 Å². The van der Waals surface area contributed by atoms with Gasteiger partial charge in [0, 0.05) is 17.2 Å². The summed E-state index contributed by atoms with van der Waals surface area (Å²) < 4.78 is 26.7. The fourth-order valence-electron chi connectivity index (χ4n) is 1.83. The fourth-order valence-corrected chi connectivity index (χ4v) is 3.88. The molecule has 2 aromatic carbocycles. The number of benzene rings is 2. The molecule has 1 N–H and O–H groups in total. The molecule has 0 bridgehead atoms. The van der Waals surface area contributed by atoms with Crippen LogP contribution in [0, 0.1) is 13.8 Å². The van der Waals surface area contributed by atoms with Gasteiger partial charge in [0.1, 0.15) is 0 Å². The quantitative estimate of drug-likeness (QED) is 0.655. The zero-order valence-corrected chi connectivity index (χ0v) is 13.8. The third-order valence-electron chi connectivity index (χ3n) is 3.19. The second-order valence-corrected chi connectivity index (χ2v) is 7.74. The third kappa shape index (κ3) is 4.59. The summed E-state index contributed by atoms with van der Waals surface area (Å²) in [5.41, 5.74) is 2.52. The minimum Gasteiger partial charge on any atom is -0.210 e. The molecule has 112 valence electrons. The normalized spacial score (nSPS) is 11.5. The lowest BCUT2D eigenvalue weighted by molar-refractivity contribution is 0.584. The first kappa shape index (κ1) is 16.1. The van der Waals surface area contributed by atoms with E-state index in [0.717, 1.165) is 4.90 Å². The second kappa shape index (κ2) is 7.11. The Morgan fingerprint density at radius 3 is 2.38 bits per heavy atom. The summed E-state index contributed by atoms with van der Waals surface area (Å²) in [5, 5.41) is 0. The third-order valence-corrected chi connectivity index (χ3v) is 5.67. The summed E-state index contributed by atoms with van der Waals surface area (Å²) in [5.74, 6) is 0.703. The molecule has 0 aromatic heterocycles. The number of hydrogen-bond acceptors (Lipinski definition) is 3. The van der Waals surface area contributed by atoms with Gasteiger partial charge in [-0.1, -0.05) is 24.3 Å². The van der Waals surface area contributed by atoms with Crippen molar-refractivity contribution in [3.05, 3.63) is 59.7 Å². The predicted octanol–water partition coefficient (Wildman–Crippen LogP) is 3.37. The largest absolute Gasteiger partial charge is 0.240 e. The van der Waals surface area contributed by atoms with E-state index in [-0.39, 0.29) is 0 Å². The predicted molar refractivity (Wildman–Crippen MR) is 88.3 cm³/mol.